The summed E-state index contributed by atoms with van der Waals surface area (Å²) < 4.78 is 27.5. The van der Waals surface area contributed by atoms with Crippen LogP contribution in [-0.2, 0) is 9.53 Å². The fourth-order valence-electron chi connectivity index (χ4n) is 0.560. The van der Waals surface area contributed by atoms with Crippen molar-refractivity contribution in [2.75, 3.05) is 19.8 Å². The lowest BCUT2D eigenvalue weighted by atomic mass is 10.4. The molecule has 0 unspecified atom stereocenters. The average Bonchev–Trinajstić information content (AvgIpc) is 2.03. The summed E-state index contributed by atoms with van der Waals surface area (Å²) in [5.41, 5.74) is 0. The molecule has 0 saturated carbocycles. The van der Waals surface area contributed by atoms with Crippen LogP contribution in [0.5, 0.6) is 0 Å². The van der Waals surface area contributed by atoms with E-state index in [1.54, 1.807) is 6.92 Å². The van der Waals surface area contributed by atoms with Gasteiger partial charge in [0.25, 0.3) is 6.43 Å². The number of ether oxygens (including phenoxy) is 1. The van der Waals surface area contributed by atoms with Gasteiger partial charge in [0.1, 0.15) is 6.61 Å². The molecule has 0 aliphatic heterocycles. The van der Waals surface area contributed by atoms with Crippen LogP contribution in [0.2, 0.25) is 0 Å². The van der Waals surface area contributed by atoms with E-state index >= 15 is 0 Å². The number of rotatable bonds is 6. The maximum atomic E-state index is 11.5. The fourth-order valence-corrected chi connectivity index (χ4v) is 0.560. The Balaban J connectivity index is 3.05. The third-order valence-electron chi connectivity index (χ3n) is 1.13. The Morgan fingerprint density at radius 2 is 2.25 bits per heavy atom. The predicted octanol–water partition coefficient (Wildman–Crippen LogP) is 0.794. The van der Waals surface area contributed by atoms with Gasteiger partial charge in [0.15, 0.2) is 0 Å². The fraction of sp³-hybridized carbons (Fsp3) is 0.857. The molecule has 1 N–H and O–H groups in total. The van der Waals surface area contributed by atoms with Gasteiger partial charge in [-0.15, -0.1) is 0 Å². The Morgan fingerprint density at radius 3 is 2.75 bits per heavy atom. The molecule has 0 aromatic carbocycles. The molecule has 3 nitrogen and oxygen atoms in total. The summed E-state index contributed by atoms with van der Waals surface area (Å²) in [6, 6.07) is 0. The van der Waals surface area contributed by atoms with Crippen molar-refractivity contribution in [2.24, 2.45) is 0 Å². The Bertz CT molecular complexity index is 131. The summed E-state index contributed by atoms with van der Waals surface area (Å²) in [6.45, 7) is 1.58. The van der Waals surface area contributed by atoms with E-state index < -0.39 is 13.0 Å². The molecule has 0 radical (unpaired) electrons. The Hall–Kier alpha value is -0.710. The van der Waals surface area contributed by atoms with Crippen molar-refractivity contribution in [2.45, 2.75) is 19.8 Å². The average molecular weight is 181 g/mol. The zero-order valence-electron chi connectivity index (χ0n) is 6.98. The number of halogens is 2. The highest BCUT2D eigenvalue weighted by Gasteiger charge is 2.01. The van der Waals surface area contributed by atoms with Gasteiger partial charge in [-0.05, 0) is 0 Å². The molecule has 0 heterocycles. The van der Waals surface area contributed by atoms with Crippen molar-refractivity contribution in [1.82, 2.24) is 5.32 Å². The molecule has 0 aliphatic carbocycles. The number of hydrogen-bond acceptors (Lipinski definition) is 2. The van der Waals surface area contributed by atoms with Crippen LogP contribution in [0.4, 0.5) is 8.78 Å². The lowest BCUT2D eigenvalue weighted by molar-refractivity contribution is -0.121. The van der Waals surface area contributed by atoms with Crippen LogP contribution in [0.1, 0.15) is 13.3 Å². The molecule has 0 fully saturated rings. The number of alkyl halides is 2. The molecule has 1 amide bonds. The molecule has 0 rings (SSSR count). The van der Waals surface area contributed by atoms with Crippen molar-refractivity contribution in [1.29, 1.82) is 0 Å². The molecule has 72 valence electrons. The standard InChI is InChI=1S/C7H13F2NO2/c1-2-7(11)10-3-4-12-5-6(8)9/h6H,2-5H2,1H3,(H,10,11). The number of carbonyl (C=O) groups is 1. The lowest BCUT2D eigenvalue weighted by Gasteiger charge is -2.04. The van der Waals surface area contributed by atoms with Crippen LogP contribution in [0.15, 0.2) is 0 Å². The highest BCUT2D eigenvalue weighted by Crippen LogP contribution is 1.91. The molecule has 0 aromatic rings. The van der Waals surface area contributed by atoms with Gasteiger partial charge in [0.2, 0.25) is 5.91 Å². The normalized spacial score (nSPS) is 10.3. The minimum atomic E-state index is -2.44. The van der Waals surface area contributed by atoms with Gasteiger partial charge in [0, 0.05) is 13.0 Å². The first-order chi connectivity index (χ1) is 5.66. The second-order valence-corrected chi connectivity index (χ2v) is 2.17. The van der Waals surface area contributed by atoms with Crippen LogP contribution >= 0.6 is 0 Å². The van der Waals surface area contributed by atoms with Gasteiger partial charge in [-0.3, -0.25) is 4.79 Å². The van der Waals surface area contributed by atoms with Crippen LogP contribution in [0, 0.1) is 0 Å². The van der Waals surface area contributed by atoms with E-state index in [-0.39, 0.29) is 12.5 Å². The topological polar surface area (TPSA) is 38.3 Å². The molecule has 0 saturated heterocycles. The van der Waals surface area contributed by atoms with Gasteiger partial charge >= 0.3 is 0 Å². The number of amides is 1. The van der Waals surface area contributed by atoms with E-state index in [1.807, 2.05) is 0 Å². The van der Waals surface area contributed by atoms with Gasteiger partial charge in [0.05, 0.1) is 6.61 Å². The lowest BCUT2D eigenvalue weighted by Crippen LogP contribution is -2.26. The summed E-state index contributed by atoms with van der Waals surface area (Å²) in [6.07, 6.45) is -2.04. The molecule has 0 atom stereocenters. The molecular weight excluding hydrogens is 168 g/mol. The minimum absolute atomic E-state index is 0.101. The van der Waals surface area contributed by atoms with Gasteiger partial charge in [-0.1, -0.05) is 6.92 Å². The summed E-state index contributed by atoms with van der Waals surface area (Å²) >= 11 is 0. The Morgan fingerprint density at radius 1 is 1.58 bits per heavy atom. The van der Waals surface area contributed by atoms with Crippen molar-refractivity contribution in [3.8, 4) is 0 Å². The molecule has 0 aliphatic rings. The monoisotopic (exact) mass is 181 g/mol. The quantitative estimate of drug-likeness (QED) is 0.615. The SMILES string of the molecule is CCC(=O)NCCOCC(F)F. The first-order valence-electron chi connectivity index (χ1n) is 3.79. The summed E-state index contributed by atoms with van der Waals surface area (Å²) in [4.78, 5) is 10.6. The molecule has 12 heavy (non-hydrogen) atoms. The van der Waals surface area contributed by atoms with Gasteiger partial charge in [-0.2, -0.15) is 0 Å². The maximum absolute atomic E-state index is 11.5. The summed E-state index contributed by atoms with van der Waals surface area (Å²) in [7, 11) is 0. The van der Waals surface area contributed by atoms with E-state index in [0.29, 0.717) is 13.0 Å². The van der Waals surface area contributed by atoms with Crippen LogP contribution in [0.3, 0.4) is 0 Å². The first-order valence-corrected chi connectivity index (χ1v) is 3.79. The number of carbonyl (C=O) groups excluding carboxylic acids is 1. The molecule has 0 aromatic heterocycles. The van der Waals surface area contributed by atoms with E-state index in [1.165, 1.54) is 0 Å². The van der Waals surface area contributed by atoms with Gasteiger partial charge < -0.3 is 10.1 Å². The van der Waals surface area contributed by atoms with Crippen molar-refractivity contribution >= 4 is 5.91 Å². The van der Waals surface area contributed by atoms with Crippen molar-refractivity contribution in [3.63, 3.8) is 0 Å². The van der Waals surface area contributed by atoms with Crippen molar-refractivity contribution in [3.05, 3.63) is 0 Å². The largest absolute Gasteiger partial charge is 0.374 e. The van der Waals surface area contributed by atoms with E-state index in [9.17, 15) is 13.6 Å². The summed E-state index contributed by atoms with van der Waals surface area (Å²) in [5.74, 6) is -0.101. The van der Waals surface area contributed by atoms with Crippen LogP contribution in [0.25, 0.3) is 0 Å². The van der Waals surface area contributed by atoms with E-state index in [4.69, 9.17) is 0 Å². The molecule has 0 spiro atoms. The molecular formula is C7H13F2NO2. The Kier molecular flexibility index (Phi) is 6.55. The zero-order chi connectivity index (χ0) is 9.40. The Labute approximate surface area is 70.1 Å². The number of nitrogens with one attached hydrogen (secondary N) is 1. The maximum Gasteiger partial charge on any atom is 0.261 e. The third kappa shape index (κ3) is 7.40. The zero-order valence-corrected chi connectivity index (χ0v) is 6.98. The van der Waals surface area contributed by atoms with E-state index in [2.05, 4.69) is 10.1 Å². The third-order valence-corrected chi connectivity index (χ3v) is 1.13. The van der Waals surface area contributed by atoms with E-state index in [0.717, 1.165) is 0 Å². The van der Waals surface area contributed by atoms with Crippen molar-refractivity contribution < 1.29 is 18.3 Å². The van der Waals surface area contributed by atoms with Crippen LogP contribution < -0.4 is 5.32 Å². The molecule has 5 heteroatoms. The predicted molar refractivity (Wildman–Crippen MR) is 40.1 cm³/mol. The second kappa shape index (κ2) is 6.97. The second-order valence-electron chi connectivity index (χ2n) is 2.17. The number of hydrogen-bond donors (Lipinski definition) is 1. The highest BCUT2D eigenvalue weighted by molar-refractivity contribution is 5.75. The highest BCUT2D eigenvalue weighted by atomic mass is 19.3. The molecule has 0 bridgehead atoms. The van der Waals surface area contributed by atoms with Crippen LogP contribution in [-0.4, -0.2) is 32.1 Å². The smallest absolute Gasteiger partial charge is 0.261 e. The minimum Gasteiger partial charge on any atom is -0.374 e. The van der Waals surface area contributed by atoms with Gasteiger partial charge in [-0.25, -0.2) is 8.78 Å². The first kappa shape index (κ1) is 11.3. The summed E-state index contributed by atoms with van der Waals surface area (Å²) in [5, 5.41) is 2.50.